The summed E-state index contributed by atoms with van der Waals surface area (Å²) in [7, 11) is 0. The molecule has 2 fully saturated rings. The molecule has 2 aromatic rings. The molecule has 1 N–H and O–H groups in total. The van der Waals surface area contributed by atoms with E-state index in [-0.39, 0.29) is 5.92 Å². The maximum absolute atomic E-state index is 11.1. The van der Waals surface area contributed by atoms with Crippen LogP contribution in [0, 0.1) is 11.8 Å². The van der Waals surface area contributed by atoms with Gasteiger partial charge in [-0.1, -0.05) is 23.8 Å². The van der Waals surface area contributed by atoms with Crippen molar-refractivity contribution in [3.05, 3.63) is 59.3 Å². The number of hydrogen-bond acceptors (Lipinski definition) is 5. The van der Waals surface area contributed by atoms with Gasteiger partial charge in [-0.25, -0.2) is 4.89 Å². The van der Waals surface area contributed by atoms with E-state index in [0.717, 1.165) is 55.2 Å². The number of aliphatic hydroxyl groups is 1. The zero-order valence-corrected chi connectivity index (χ0v) is 16.8. The van der Waals surface area contributed by atoms with Gasteiger partial charge in [0.2, 0.25) is 5.79 Å². The first-order valence-corrected chi connectivity index (χ1v) is 10.7. The maximum atomic E-state index is 11.1. The van der Waals surface area contributed by atoms with Crippen molar-refractivity contribution in [2.24, 2.45) is 11.8 Å². The van der Waals surface area contributed by atoms with Crippen molar-refractivity contribution >= 4 is 28.2 Å². The molecule has 1 saturated heterocycles. The third kappa shape index (κ3) is 2.76. The average Bonchev–Trinajstić information content (AvgIpc) is 3.15. The van der Waals surface area contributed by atoms with Crippen LogP contribution in [0.5, 0.6) is 0 Å². The van der Waals surface area contributed by atoms with Crippen molar-refractivity contribution in [1.82, 2.24) is 4.98 Å². The minimum Gasteiger partial charge on any atom is -0.371 e. The van der Waals surface area contributed by atoms with E-state index in [1.54, 1.807) is 0 Å². The van der Waals surface area contributed by atoms with Crippen molar-refractivity contribution in [3.63, 3.8) is 0 Å². The highest BCUT2D eigenvalue weighted by molar-refractivity contribution is 6.31. The molecule has 1 saturated carbocycles. The molecule has 2 aliphatic carbocycles. The van der Waals surface area contributed by atoms with E-state index in [1.807, 2.05) is 24.4 Å². The number of aromatic nitrogens is 1. The van der Waals surface area contributed by atoms with E-state index in [2.05, 4.69) is 34.2 Å². The third-order valence-electron chi connectivity index (χ3n) is 7.02. The minimum absolute atomic E-state index is 0.0000497. The zero-order chi connectivity index (χ0) is 19.6. The van der Waals surface area contributed by atoms with Crippen LogP contribution in [0.25, 0.3) is 10.9 Å². The number of pyridine rings is 1. The van der Waals surface area contributed by atoms with Crippen LogP contribution >= 0.6 is 11.6 Å². The molecule has 0 amide bonds. The minimum atomic E-state index is -1.29. The van der Waals surface area contributed by atoms with E-state index < -0.39 is 11.4 Å². The summed E-state index contributed by atoms with van der Waals surface area (Å²) in [6.45, 7) is 1.69. The Morgan fingerprint density at radius 1 is 1.14 bits per heavy atom. The van der Waals surface area contributed by atoms with E-state index in [1.165, 1.54) is 5.69 Å². The van der Waals surface area contributed by atoms with E-state index in [0.29, 0.717) is 10.9 Å². The second kappa shape index (κ2) is 6.29. The van der Waals surface area contributed by atoms with Gasteiger partial charge in [-0.05, 0) is 54.7 Å². The molecule has 150 valence electrons. The van der Waals surface area contributed by atoms with Crippen molar-refractivity contribution in [1.29, 1.82) is 0 Å². The summed E-state index contributed by atoms with van der Waals surface area (Å²) in [4.78, 5) is 18.4. The van der Waals surface area contributed by atoms with Crippen molar-refractivity contribution in [2.75, 3.05) is 18.0 Å². The smallest absolute Gasteiger partial charge is 0.227 e. The fraction of sp³-hybridized carbons (Fsp3) is 0.435. The third-order valence-corrected chi connectivity index (χ3v) is 7.26. The van der Waals surface area contributed by atoms with Crippen molar-refractivity contribution < 1.29 is 14.9 Å². The number of hydrogen-bond donors (Lipinski definition) is 1. The highest BCUT2D eigenvalue weighted by Gasteiger charge is 2.54. The van der Waals surface area contributed by atoms with Gasteiger partial charge in [-0.15, -0.1) is 0 Å². The standard InChI is InChI=1S/C23H23ClN2O3/c24-18-3-4-19-20(13-18)25-8-5-21(19)26-9-6-22(7-10-26)14-17-12-15-1-2-16(11-15)23(17,27)29-28-22/h1-5,8,13-16,27H,6-7,9-12H2/t15-,16+,23+/m1/s1. The Hall–Kier alpha value is -1.92. The Morgan fingerprint density at radius 3 is 2.86 bits per heavy atom. The van der Waals surface area contributed by atoms with Crippen LogP contribution in [0.2, 0.25) is 5.02 Å². The van der Waals surface area contributed by atoms with Crippen molar-refractivity contribution in [3.8, 4) is 0 Å². The summed E-state index contributed by atoms with van der Waals surface area (Å²) in [5.41, 5.74) is 2.61. The van der Waals surface area contributed by atoms with Gasteiger partial charge in [-0.2, -0.15) is 4.89 Å². The summed E-state index contributed by atoms with van der Waals surface area (Å²) in [6, 6.07) is 7.92. The van der Waals surface area contributed by atoms with Crippen LogP contribution in [0.15, 0.2) is 54.3 Å². The monoisotopic (exact) mass is 410 g/mol. The topological polar surface area (TPSA) is 54.8 Å². The van der Waals surface area contributed by atoms with Crippen LogP contribution in [-0.2, 0) is 9.78 Å². The van der Waals surface area contributed by atoms with Gasteiger partial charge in [0.25, 0.3) is 0 Å². The lowest BCUT2D eigenvalue weighted by Gasteiger charge is -2.48. The highest BCUT2D eigenvalue weighted by Crippen LogP contribution is 2.51. The zero-order valence-electron chi connectivity index (χ0n) is 16.1. The molecule has 6 rings (SSSR count). The molecule has 0 radical (unpaired) electrons. The van der Waals surface area contributed by atoms with Crippen LogP contribution in [-0.4, -0.2) is 34.6 Å². The first-order valence-electron chi connectivity index (χ1n) is 10.3. The van der Waals surface area contributed by atoms with Gasteiger partial charge >= 0.3 is 0 Å². The van der Waals surface area contributed by atoms with Crippen molar-refractivity contribution in [2.45, 2.75) is 37.1 Å². The first kappa shape index (κ1) is 17.9. The number of nitrogens with zero attached hydrogens (tertiary/aromatic N) is 2. The molecule has 3 atom stereocenters. The largest absolute Gasteiger partial charge is 0.371 e. The van der Waals surface area contributed by atoms with Gasteiger partial charge in [0, 0.05) is 54.1 Å². The fourth-order valence-corrected chi connectivity index (χ4v) is 5.55. The molecule has 4 aliphatic rings. The number of anilines is 1. The lowest BCUT2D eigenvalue weighted by Crippen LogP contribution is -2.54. The summed E-state index contributed by atoms with van der Waals surface area (Å²) in [5, 5.41) is 12.9. The average molecular weight is 411 g/mol. The predicted octanol–water partition coefficient (Wildman–Crippen LogP) is 4.40. The lowest BCUT2D eigenvalue weighted by molar-refractivity contribution is -0.462. The molecule has 6 heteroatoms. The summed E-state index contributed by atoms with van der Waals surface area (Å²) >= 11 is 6.13. The van der Waals surface area contributed by atoms with Gasteiger partial charge in [0.1, 0.15) is 5.60 Å². The normalized spacial score (nSPS) is 32.5. The molecule has 0 unspecified atom stereocenters. The molecular formula is C23H23ClN2O3. The molecule has 3 heterocycles. The molecule has 5 nitrogen and oxygen atoms in total. The Balaban J connectivity index is 1.26. The van der Waals surface area contributed by atoms with Gasteiger partial charge in [-0.3, -0.25) is 4.98 Å². The van der Waals surface area contributed by atoms with E-state index in [9.17, 15) is 5.11 Å². The summed E-state index contributed by atoms with van der Waals surface area (Å²) in [6.07, 6.45) is 11.7. The van der Waals surface area contributed by atoms with Crippen LogP contribution < -0.4 is 4.90 Å². The second-order valence-corrected chi connectivity index (χ2v) is 9.20. The van der Waals surface area contributed by atoms with Crippen LogP contribution in [0.4, 0.5) is 5.69 Å². The molecule has 1 spiro atoms. The molecule has 2 bridgehead atoms. The molecular weight excluding hydrogens is 388 g/mol. The Kier molecular flexibility index (Phi) is 3.88. The number of allylic oxidation sites excluding steroid dienone is 1. The fourth-order valence-electron chi connectivity index (χ4n) is 5.38. The first-order chi connectivity index (χ1) is 14.0. The number of halogens is 1. The SMILES string of the molecule is O[C@@]12OOC3(C=C1C[C@@H]1C=C[C@H]2C1)CCN(c1ccnc2cc(Cl)ccc12)CC3. The summed E-state index contributed by atoms with van der Waals surface area (Å²) < 4.78 is 0. The number of fused-ring (bicyclic) bond motifs is 5. The van der Waals surface area contributed by atoms with Gasteiger partial charge < -0.3 is 10.0 Å². The van der Waals surface area contributed by atoms with Crippen LogP contribution in [0.3, 0.4) is 0 Å². The molecule has 29 heavy (non-hydrogen) atoms. The maximum Gasteiger partial charge on any atom is 0.227 e. The quantitative estimate of drug-likeness (QED) is 0.557. The Bertz CT molecular complexity index is 1040. The second-order valence-electron chi connectivity index (χ2n) is 8.77. The number of piperidine rings is 1. The van der Waals surface area contributed by atoms with Gasteiger partial charge in [0.05, 0.1) is 5.52 Å². The summed E-state index contributed by atoms with van der Waals surface area (Å²) in [5.74, 6) is -0.771. The predicted molar refractivity (Wildman–Crippen MR) is 111 cm³/mol. The highest BCUT2D eigenvalue weighted by atomic mass is 35.5. The molecule has 2 aliphatic heterocycles. The molecule has 1 aromatic heterocycles. The Morgan fingerprint density at radius 2 is 2.00 bits per heavy atom. The van der Waals surface area contributed by atoms with Crippen LogP contribution in [0.1, 0.15) is 25.7 Å². The molecule has 1 aromatic carbocycles. The van der Waals surface area contributed by atoms with Gasteiger partial charge in [0.15, 0.2) is 0 Å². The van der Waals surface area contributed by atoms with E-state index in [4.69, 9.17) is 21.4 Å². The Labute approximate surface area is 174 Å². The lowest BCUT2D eigenvalue weighted by atomic mass is 9.75. The number of benzene rings is 1. The van der Waals surface area contributed by atoms with E-state index >= 15 is 0 Å². The number of rotatable bonds is 1.